The molecule has 1 radical (unpaired) electrons. The van der Waals surface area contributed by atoms with Gasteiger partial charge in [0.1, 0.15) is 0 Å². The molecule has 4 unspecified atom stereocenters. The number of methoxy groups -OCH3 is 1. The van der Waals surface area contributed by atoms with Crippen LogP contribution in [0.15, 0.2) is 134 Å². The van der Waals surface area contributed by atoms with Gasteiger partial charge in [-0.2, -0.15) is 0 Å². The monoisotopic (exact) mass is 740 g/mol. The number of aromatic nitrogens is 1. The van der Waals surface area contributed by atoms with Crippen LogP contribution in [0.3, 0.4) is 0 Å². The summed E-state index contributed by atoms with van der Waals surface area (Å²) in [7, 11) is 1.71. The van der Waals surface area contributed by atoms with Gasteiger partial charge in [0, 0.05) is 52.2 Å². The Kier molecular flexibility index (Phi) is 16.8. The van der Waals surface area contributed by atoms with E-state index < -0.39 is 0 Å². The quantitative estimate of drug-likeness (QED) is 0.0790. The van der Waals surface area contributed by atoms with Gasteiger partial charge < -0.3 is 9.47 Å². The molecule has 0 saturated heterocycles. The Morgan fingerprint density at radius 2 is 1.16 bits per heavy atom. The minimum Gasteiger partial charge on any atom is -0.382 e. The fourth-order valence-corrected chi connectivity index (χ4v) is 7.08. The molecule has 0 aliphatic carbocycles. The molecule has 1 aromatic heterocycles. The predicted octanol–water partition coefficient (Wildman–Crippen LogP) is 11.5. The standard InChI is InChI=1S/C46H53NO2.Y/c1-5-36-12-14-37(15-13-36)31-38-16-20-44(21-17-38)46(32-40(6-2)42-10-8-7-9-11-42)33-45(30-35(3)41-24-26-47-27-25-41)43-22-18-39(19-23-43)34-49-29-28-48-4;/h5,7-27,35,40,45-46H,1,6,28-34H2,2-4H3;. The summed E-state index contributed by atoms with van der Waals surface area (Å²) in [5.41, 5.74) is 10.6. The Morgan fingerprint density at radius 1 is 0.620 bits per heavy atom. The van der Waals surface area contributed by atoms with E-state index in [-0.39, 0.29) is 32.7 Å². The number of rotatable bonds is 19. The minimum atomic E-state index is 0. The predicted molar refractivity (Wildman–Crippen MR) is 205 cm³/mol. The summed E-state index contributed by atoms with van der Waals surface area (Å²) in [6.07, 6.45) is 11.1. The third-order valence-corrected chi connectivity index (χ3v) is 10.0. The van der Waals surface area contributed by atoms with Crippen molar-refractivity contribution in [3.05, 3.63) is 179 Å². The number of nitrogens with zero attached hydrogens (tertiary/aromatic N) is 1. The maximum atomic E-state index is 5.83. The molecule has 0 aliphatic heterocycles. The van der Waals surface area contributed by atoms with E-state index in [0.717, 1.165) is 37.7 Å². The summed E-state index contributed by atoms with van der Waals surface area (Å²) in [5.74, 6) is 1.72. The van der Waals surface area contributed by atoms with E-state index in [9.17, 15) is 0 Å². The molecule has 1 heterocycles. The second kappa shape index (κ2) is 21.2. The first-order valence-corrected chi connectivity index (χ1v) is 18.0. The molecule has 4 aromatic carbocycles. The number of hydrogen-bond acceptors (Lipinski definition) is 3. The molecule has 0 amide bonds. The van der Waals surface area contributed by atoms with E-state index in [4.69, 9.17) is 9.47 Å². The summed E-state index contributed by atoms with van der Waals surface area (Å²) in [6.45, 7) is 10.4. The van der Waals surface area contributed by atoms with Crippen LogP contribution in [0.2, 0.25) is 0 Å². The van der Waals surface area contributed by atoms with E-state index in [1.165, 1.54) is 38.9 Å². The number of ether oxygens (including phenoxy) is 2. The van der Waals surface area contributed by atoms with Crippen LogP contribution in [0.4, 0.5) is 0 Å². The van der Waals surface area contributed by atoms with Crippen LogP contribution in [0, 0.1) is 0 Å². The normalized spacial score (nSPS) is 13.5. The van der Waals surface area contributed by atoms with Crippen LogP contribution in [-0.2, 0) is 55.2 Å². The largest absolute Gasteiger partial charge is 0.382 e. The van der Waals surface area contributed by atoms with Gasteiger partial charge in [-0.1, -0.05) is 130 Å². The SMILES string of the molecule is C=Cc1ccc(Cc2ccc(C(CC(CC)c3ccccc3)CC(CC(C)c3ccncc3)c3ccc(COCCOC)cc3)cc2)cc1.[Y]. The van der Waals surface area contributed by atoms with Crippen molar-refractivity contribution in [3.63, 3.8) is 0 Å². The zero-order valence-corrected chi connectivity index (χ0v) is 33.1. The summed E-state index contributed by atoms with van der Waals surface area (Å²) >= 11 is 0. The van der Waals surface area contributed by atoms with Crippen molar-refractivity contribution in [1.29, 1.82) is 0 Å². The fourth-order valence-electron chi connectivity index (χ4n) is 7.08. The van der Waals surface area contributed by atoms with Crippen molar-refractivity contribution < 1.29 is 42.2 Å². The van der Waals surface area contributed by atoms with Crippen molar-refractivity contribution in [3.8, 4) is 0 Å². The van der Waals surface area contributed by atoms with E-state index in [1.807, 2.05) is 18.5 Å². The molecule has 0 bridgehead atoms. The van der Waals surface area contributed by atoms with Crippen LogP contribution in [0.5, 0.6) is 0 Å². The molecule has 3 nitrogen and oxygen atoms in total. The van der Waals surface area contributed by atoms with Gasteiger partial charge in [0.05, 0.1) is 19.8 Å². The van der Waals surface area contributed by atoms with Gasteiger partial charge in [0.2, 0.25) is 0 Å². The average Bonchev–Trinajstić information content (AvgIpc) is 3.16. The maximum Gasteiger partial charge on any atom is 0.0718 e. The van der Waals surface area contributed by atoms with Crippen molar-refractivity contribution in [2.24, 2.45) is 0 Å². The van der Waals surface area contributed by atoms with Crippen LogP contribution in [0.25, 0.3) is 6.08 Å². The molecular weight excluding hydrogens is 687 g/mol. The molecule has 0 N–H and O–H groups in total. The molecule has 4 heteroatoms. The van der Waals surface area contributed by atoms with Crippen LogP contribution in [0.1, 0.15) is 108 Å². The number of pyridine rings is 1. The van der Waals surface area contributed by atoms with Crippen LogP contribution in [-0.4, -0.2) is 25.3 Å². The second-order valence-corrected chi connectivity index (χ2v) is 13.4. The van der Waals surface area contributed by atoms with Crippen molar-refractivity contribution in [2.45, 2.75) is 76.2 Å². The Bertz CT molecular complexity index is 1650. The Balaban J connectivity index is 0.00000562. The Morgan fingerprint density at radius 3 is 1.74 bits per heavy atom. The topological polar surface area (TPSA) is 31.4 Å². The van der Waals surface area contributed by atoms with Crippen LogP contribution < -0.4 is 0 Å². The molecule has 5 aromatic rings. The summed E-state index contributed by atoms with van der Waals surface area (Å²) in [4.78, 5) is 4.29. The van der Waals surface area contributed by atoms with Gasteiger partial charge in [-0.05, 0) is 112 Å². The molecule has 4 atom stereocenters. The maximum absolute atomic E-state index is 5.83. The zero-order chi connectivity index (χ0) is 34.3. The van der Waals surface area contributed by atoms with E-state index in [1.54, 1.807) is 7.11 Å². The van der Waals surface area contributed by atoms with Gasteiger partial charge in [-0.3, -0.25) is 4.98 Å². The van der Waals surface area contributed by atoms with Gasteiger partial charge in [-0.15, -0.1) is 0 Å². The van der Waals surface area contributed by atoms with Crippen LogP contribution >= 0.6 is 0 Å². The summed E-state index contributed by atoms with van der Waals surface area (Å²) in [6, 6.07) is 42.8. The molecule has 0 spiro atoms. The van der Waals surface area contributed by atoms with Crippen molar-refractivity contribution in [2.75, 3.05) is 20.3 Å². The first-order valence-electron chi connectivity index (χ1n) is 18.0. The first-order chi connectivity index (χ1) is 24.1. The minimum absolute atomic E-state index is 0. The average molecular weight is 741 g/mol. The molecule has 0 fully saturated rings. The Labute approximate surface area is 326 Å². The summed E-state index contributed by atoms with van der Waals surface area (Å²) < 4.78 is 11.0. The van der Waals surface area contributed by atoms with Gasteiger partial charge in [0.15, 0.2) is 0 Å². The summed E-state index contributed by atoms with van der Waals surface area (Å²) in [5, 5.41) is 0. The van der Waals surface area contributed by atoms with E-state index in [0.29, 0.717) is 43.5 Å². The van der Waals surface area contributed by atoms with E-state index >= 15 is 0 Å². The molecular formula is C46H53NO2Y. The molecule has 5 rings (SSSR count). The number of hydrogen-bond donors (Lipinski definition) is 0. The third kappa shape index (κ3) is 11.9. The van der Waals surface area contributed by atoms with Gasteiger partial charge in [-0.25, -0.2) is 0 Å². The van der Waals surface area contributed by atoms with Gasteiger partial charge >= 0.3 is 0 Å². The second-order valence-electron chi connectivity index (χ2n) is 13.4. The number of benzene rings is 4. The third-order valence-electron chi connectivity index (χ3n) is 10.0. The van der Waals surface area contributed by atoms with Crippen molar-refractivity contribution in [1.82, 2.24) is 4.98 Å². The molecule has 257 valence electrons. The smallest absolute Gasteiger partial charge is 0.0718 e. The molecule has 0 saturated carbocycles. The zero-order valence-electron chi connectivity index (χ0n) is 30.2. The Hall–Kier alpha value is -3.21. The van der Waals surface area contributed by atoms with Gasteiger partial charge in [0.25, 0.3) is 0 Å². The van der Waals surface area contributed by atoms with E-state index in [2.05, 4.69) is 141 Å². The molecule has 0 aliphatic rings. The first kappa shape index (κ1) is 39.6. The van der Waals surface area contributed by atoms with Crippen molar-refractivity contribution >= 4 is 6.08 Å². The molecule has 50 heavy (non-hydrogen) atoms. The fraction of sp³-hybridized carbons (Fsp3) is 0.326.